The number of phenolic OH excluding ortho intramolecular Hbond substituents is 1. The fraction of sp³-hybridized carbons (Fsp3) is 0.182. The van der Waals surface area contributed by atoms with E-state index in [0.29, 0.717) is 5.69 Å². The van der Waals surface area contributed by atoms with Gasteiger partial charge in [0.2, 0.25) is 5.91 Å². The summed E-state index contributed by atoms with van der Waals surface area (Å²) in [6.07, 6.45) is 1.24. The van der Waals surface area contributed by atoms with Crippen molar-refractivity contribution in [1.29, 1.82) is 0 Å². The largest absolute Gasteiger partial charge is 0.508 e. The van der Waals surface area contributed by atoms with Gasteiger partial charge in [-0.05, 0) is 24.3 Å². The van der Waals surface area contributed by atoms with Gasteiger partial charge >= 0.3 is 0 Å². The minimum absolute atomic E-state index is 0.0716. The van der Waals surface area contributed by atoms with Gasteiger partial charge in [0.05, 0.1) is 5.75 Å². The van der Waals surface area contributed by atoms with Crippen LogP contribution in [0.4, 0.5) is 5.69 Å². The van der Waals surface area contributed by atoms with Gasteiger partial charge in [0.1, 0.15) is 11.5 Å². The highest BCUT2D eigenvalue weighted by Gasteiger charge is 2.14. The van der Waals surface area contributed by atoms with Crippen LogP contribution in [0, 0.1) is 0 Å². The third-order valence-electron chi connectivity index (χ3n) is 1.87. The summed E-state index contributed by atoms with van der Waals surface area (Å²) in [5.74, 6) is -1.35. The van der Waals surface area contributed by atoms with Gasteiger partial charge in [0.25, 0.3) is 0 Å². The molecule has 17 heavy (non-hydrogen) atoms. The molecule has 0 aromatic heterocycles. The van der Waals surface area contributed by atoms with Gasteiger partial charge < -0.3 is 10.4 Å². The number of benzene rings is 1. The SMILES string of the molecule is C=CCS(=O)(=O)CC(=O)Nc1ccc(O)cc1. The van der Waals surface area contributed by atoms with Crippen molar-refractivity contribution in [2.45, 2.75) is 0 Å². The lowest BCUT2D eigenvalue weighted by Gasteiger charge is -2.05. The number of nitrogens with one attached hydrogen (secondary N) is 1. The smallest absolute Gasteiger partial charge is 0.239 e. The summed E-state index contributed by atoms with van der Waals surface area (Å²) in [6.45, 7) is 3.31. The van der Waals surface area contributed by atoms with E-state index in [1.165, 1.54) is 30.3 Å². The first kappa shape index (κ1) is 13.2. The Morgan fingerprint density at radius 2 is 1.94 bits per heavy atom. The summed E-state index contributed by atoms with van der Waals surface area (Å²) < 4.78 is 22.6. The molecule has 0 aliphatic carbocycles. The predicted molar refractivity (Wildman–Crippen MR) is 65.6 cm³/mol. The van der Waals surface area contributed by atoms with Crippen LogP contribution in [-0.4, -0.2) is 30.9 Å². The van der Waals surface area contributed by atoms with Crippen molar-refractivity contribution < 1.29 is 18.3 Å². The second-order valence-electron chi connectivity index (χ2n) is 3.44. The number of hydrogen-bond acceptors (Lipinski definition) is 4. The highest BCUT2D eigenvalue weighted by molar-refractivity contribution is 7.92. The molecule has 6 heteroatoms. The van der Waals surface area contributed by atoms with Crippen LogP contribution in [-0.2, 0) is 14.6 Å². The van der Waals surface area contributed by atoms with Crippen molar-refractivity contribution in [3.05, 3.63) is 36.9 Å². The van der Waals surface area contributed by atoms with Gasteiger partial charge in [-0.1, -0.05) is 6.08 Å². The number of rotatable bonds is 5. The van der Waals surface area contributed by atoms with E-state index in [2.05, 4.69) is 11.9 Å². The van der Waals surface area contributed by atoms with E-state index in [0.717, 1.165) is 0 Å². The Kier molecular flexibility index (Phi) is 4.28. The van der Waals surface area contributed by atoms with E-state index in [1.807, 2.05) is 0 Å². The van der Waals surface area contributed by atoms with Crippen LogP contribution in [0.3, 0.4) is 0 Å². The summed E-state index contributed by atoms with van der Waals surface area (Å²) in [4.78, 5) is 11.4. The standard InChI is InChI=1S/C11H13NO4S/c1-2-7-17(15,16)8-11(14)12-9-3-5-10(13)6-4-9/h2-6,13H,1,7-8H2,(H,12,14). The molecule has 0 spiro atoms. The summed E-state index contributed by atoms with van der Waals surface area (Å²) in [7, 11) is -3.44. The minimum atomic E-state index is -3.44. The Labute approximate surface area is 99.7 Å². The molecule has 1 aromatic carbocycles. The maximum atomic E-state index is 11.4. The Hall–Kier alpha value is -1.82. The van der Waals surface area contributed by atoms with Crippen LogP contribution in [0.1, 0.15) is 0 Å². The van der Waals surface area contributed by atoms with Gasteiger partial charge in [0.15, 0.2) is 9.84 Å². The van der Waals surface area contributed by atoms with Gasteiger partial charge in [-0.15, -0.1) is 6.58 Å². The van der Waals surface area contributed by atoms with E-state index in [1.54, 1.807) is 0 Å². The van der Waals surface area contributed by atoms with Gasteiger partial charge in [-0.2, -0.15) is 0 Å². The predicted octanol–water partition coefficient (Wildman–Crippen LogP) is 0.931. The number of carbonyl (C=O) groups is 1. The van der Waals surface area contributed by atoms with Crippen LogP contribution >= 0.6 is 0 Å². The first-order chi connectivity index (χ1) is 7.93. The lowest BCUT2D eigenvalue weighted by molar-refractivity contribution is -0.113. The Morgan fingerprint density at radius 3 is 2.47 bits per heavy atom. The average molecular weight is 255 g/mol. The number of aromatic hydroxyl groups is 1. The molecule has 1 aromatic rings. The molecule has 0 radical (unpaired) electrons. The first-order valence-corrected chi connectivity index (χ1v) is 6.65. The molecule has 0 bridgehead atoms. The summed E-state index contributed by atoms with van der Waals surface area (Å²) in [6, 6.07) is 5.75. The Morgan fingerprint density at radius 1 is 1.35 bits per heavy atom. The summed E-state index contributed by atoms with van der Waals surface area (Å²) >= 11 is 0. The van der Waals surface area contributed by atoms with Crippen LogP contribution in [0.2, 0.25) is 0 Å². The monoisotopic (exact) mass is 255 g/mol. The molecule has 0 heterocycles. The van der Waals surface area contributed by atoms with Crippen LogP contribution in [0.25, 0.3) is 0 Å². The highest BCUT2D eigenvalue weighted by Crippen LogP contribution is 2.13. The second-order valence-corrected chi connectivity index (χ2v) is 5.55. The van der Waals surface area contributed by atoms with E-state index in [9.17, 15) is 13.2 Å². The van der Waals surface area contributed by atoms with Crippen molar-refractivity contribution in [3.63, 3.8) is 0 Å². The fourth-order valence-corrected chi connectivity index (χ4v) is 2.13. The van der Waals surface area contributed by atoms with Crippen molar-refractivity contribution in [1.82, 2.24) is 0 Å². The number of phenols is 1. The van der Waals surface area contributed by atoms with E-state index < -0.39 is 21.5 Å². The quantitative estimate of drug-likeness (QED) is 0.605. The topological polar surface area (TPSA) is 83.5 Å². The molecule has 0 saturated carbocycles. The number of carbonyl (C=O) groups excluding carboxylic acids is 1. The molecule has 0 saturated heterocycles. The molecule has 0 unspecified atom stereocenters. The van der Waals surface area contributed by atoms with Gasteiger partial charge in [-0.3, -0.25) is 4.79 Å². The second kappa shape index (κ2) is 5.49. The van der Waals surface area contributed by atoms with Gasteiger partial charge in [-0.25, -0.2) is 8.42 Å². The van der Waals surface area contributed by atoms with E-state index in [4.69, 9.17) is 5.11 Å². The first-order valence-electron chi connectivity index (χ1n) is 4.83. The van der Waals surface area contributed by atoms with Crippen molar-refractivity contribution >= 4 is 21.4 Å². The molecule has 1 rings (SSSR count). The highest BCUT2D eigenvalue weighted by atomic mass is 32.2. The lowest BCUT2D eigenvalue weighted by atomic mass is 10.3. The third kappa shape index (κ3) is 4.69. The molecule has 1 amide bonds. The Balaban J connectivity index is 2.61. The van der Waals surface area contributed by atoms with Crippen LogP contribution in [0.5, 0.6) is 5.75 Å². The number of sulfone groups is 1. The number of amides is 1. The van der Waals surface area contributed by atoms with E-state index in [-0.39, 0.29) is 11.5 Å². The molecule has 0 fully saturated rings. The summed E-state index contributed by atoms with van der Waals surface area (Å²) in [5.41, 5.74) is 0.432. The zero-order valence-corrected chi connectivity index (χ0v) is 9.90. The average Bonchev–Trinajstić information content (AvgIpc) is 2.20. The number of anilines is 1. The number of hydrogen-bond donors (Lipinski definition) is 2. The maximum Gasteiger partial charge on any atom is 0.239 e. The molecule has 0 aliphatic heterocycles. The minimum Gasteiger partial charge on any atom is -0.508 e. The van der Waals surface area contributed by atoms with Crippen LogP contribution < -0.4 is 5.32 Å². The normalized spacial score (nSPS) is 10.8. The zero-order valence-electron chi connectivity index (χ0n) is 9.09. The molecule has 2 N–H and O–H groups in total. The maximum absolute atomic E-state index is 11.4. The van der Waals surface area contributed by atoms with Gasteiger partial charge in [0, 0.05) is 5.69 Å². The molecule has 0 aliphatic rings. The molecular weight excluding hydrogens is 242 g/mol. The third-order valence-corrected chi connectivity index (χ3v) is 3.32. The van der Waals surface area contributed by atoms with Crippen LogP contribution in [0.15, 0.2) is 36.9 Å². The van der Waals surface area contributed by atoms with Crippen molar-refractivity contribution in [3.8, 4) is 5.75 Å². The Bertz CT molecular complexity index is 505. The van der Waals surface area contributed by atoms with Crippen molar-refractivity contribution in [2.24, 2.45) is 0 Å². The van der Waals surface area contributed by atoms with E-state index >= 15 is 0 Å². The van der Waals surface area contributed by atoms with Crippen molar-refractivity contribution in [2.75, 3.05) is 16.8 Å². The molecular formula is C11H13NO4S. The lowest BCUT2D eigenvalue weighted by Crippen LogP contribution is -2.24. The molecule has 5 nitrogen and oxygen atoms in total. The molecule has 0 atom stereocenters. The molecule has 92 valence electrons. The summed E-state index contributed by atoms with van der Waals surface area (Å²) in [5, 5.41) is 11.4. The zero-order chi connectivity index (χ0) is 12.9. The fourth-order valence-electron chi connectivity index (χ4n) is 1.18.